The van der Waals surface area contributed by atoms with Gasteiger partial charge in [-0.1, -0.05) is 12.2 Å². The number of nitrogens with zero attached hydrogens (tertiary/aromatic N) is 2. The molecule has 0 bridgehead atoms. The summed E-state index contributed by atoms with van der Waals surface area (Å²) in [6.07, 6.45) is 2.54. The molecular formula is C14H21N3S. The molecule has 18 heavy (non-hydrogen) atoms. The first-order valence-electron chi connectivity index (χ1n) is 6.39. The molecule has 4 heteroatoms. The molecule has 2 rings (SSSR count). The molecule has 3 nitrogen and oxygen atoms in total. The van der Waals surface area contributed by atoms with Gasteiger partial charge in [0.2, 0.25) is 0 Å². The summed E-state index contributed by atoms with van der Waals surface area (Å²) in [5, 5.41) is 0. The molecule has 1 unspecified atom stereocenters. The molecule has 1 saturated heterocycles. The fourth-order valence-electron chi connectivity index (χ4n) is 2.53. The minimum Gasteiger partial charge on any atom is -0.389 e. The molecule has 1 fully saturated rings. The van der Waals surface area contributed by atoms with Gasteiger partial charge in [0.25, 0.3) is 0 Å². The molecular weight excluding hydrogens is 242 g/mol. The Morgan fingerprint density at radius 2 is 2.06 bits per heavy atom. The first-order valence-corrected chi connectivity index (χ1v) is 6.80. The van der Waals surface area contributed by atoms with Crippen LogP contribution < -0.4 is 10.6 Å². The largest absolute Gasteiger partial charge is 0.389 e. The SMILES string of the molecule is CN1CCCC(N(C)c2ccc(C(N)=S)cc2)C1. The van der Waals surface area contributed by atoms with E-state index in [-0.39, 0.29) is 0 Å². The van der Waals surface area contributed by atoms with E-state index in [1.807, 2.05) is 12.1 Å². The topological polar surface area (TPSA) is 32.5 Å². The first kappa shape index (κ1) is 13.3. The third-order valence-electron chi connectivity index (χ3n) is 3.71. The quantitative estimate of drug-likeness (QED) is 0.844. The number of likely N-dealkylation sites (tertiary alicyclic amines) is 1. The fraction of sp³-hybridized carbons (Fsp3) is 0.500. The molecule has 1 aliphatic rings. The van der Waals surface area contributed by atoms with Crippen LogP contribution in [0.1, 0.15) is 18.4 Å². The number of anilines is 1. The van der Waals surface area contributed by atoms with Crippen LogP contribution in [-0.4, -0.2) is 43.1 Å². The van der Waals surface area contributed by atoms with E-state index in [1.54, 1.807) is 0 Å². The molecule has 1 heterocycles. The van der Waals surface area contributed by atoms with Crippen molar-refractivity contribution in [3.8, 4) is 0 Å². The number of benzene rings is 1. The predicted octanol–water partition coefficient (Wildman–Crippen LogP) is 1.85. The van der Waals surface area contributed by atoms with Gasteiger partial charge in [0.1, 0.15) is 4.99 Å². The van der Waals surface area contributed by atoms with Gasteiger partial charge in [-0.15, -0.1) is 0 Å². The Bertz CT molecular complexity index is 416. The third kappa shape index (κ3) is 3.00. The lowest BCUT2D eigenvalue weighted by Gasteiger charge is -2.37. The van der Waals surface area contributed by atoms with Crippen LogP contribution in [-0.2, 0) is 0 Å². The van der Waals surface area contributed by atoms with Crippen molar-refractivity contribution in [2.75, 3.05) is 32.1 Å². The maximum absolute atomic E-state index is 5.61. The maximum atomic E-state index is 5.61. The third-order valence-corrected chi connectivity index (χ3v) is 3.94. The van der Waals surface area contributed by atoms with E-state index in [4.69, 9.17) is 18.0 Å². The normalized spacial score (nSPS) is 20.7. The molecule has 1 atom stereocenters. The number of rotatable bonds is 3. The molecule has 0 saturated carbocycles. The van der Waals surface area contributed by atoms with Crippen LogP contribution >= 0.6 is 12.2 Å². The van der Waals surface area contributed by atoms with Gasteiger partial charge in [0.15, 0.2) is 0 Å². The second-order valence-electron chi connectivity index (χ2n) is 5.08. The standard InChI is InChI=1S/C14H21N3S/c1-16-9-3-4-13(10-16)17(2)12-7-5-11(6-8-12)14(15)18/h5-8,13H,3-4,9-10H2,1-2H3,(H2,15,18). The second-order valence-corrected chi connectivity index (χ2v) is 5.52. The molecule has 0 radical (unpaired) electrons. The molecule has 0 aromatic heterocycles. The van der Waals surface area contributed by atoms with Gasteiger partial charge in [0, 0.05) is 30.9 Å². The van der Waals surface area contributed by atoms with Gasteiger partial charge in [-0.3, -0.25) is 0 Å². The van der Waals surface area contributed by atoms with E-state index < -0.39 is 0 Å². The highest BCUT2D eigenvalue weighted by atomic mass is 32.1. The molecule has 2 N–H and O–H groups in total. The first-order chi connectivity index (χ1) is 8.58. The summed E-state index contributed by atoms with van der Waals surface area (Å²) in [6, 6.07) is 8.80. The highest BCUT2D eigenvalue weighted by Crippen LogP contribution is 2.21. The van der Waals surface area contributed by atoms with Crippen molar-refractivity contribution in [3.05, 3.63) is 29.8 Å². The summed E-state index contributed by atoms with van der Waals surface area (Å²) in [6.45, 7) is 2.35. The smallest absolute Gasteiger partial charge is 0.103 e. The molecule has 0 aliphatic carbocycles. The minimum absolute atomic E-state index is 0.460. The van der Waals surface area contributed by atoms with E-state index in [1.165, 1.54) is 25.1 Å². The fourth-order valence-corrected chi connectivity index (χ4v) is 2.66. The van der Waals surface area contributed by atoms with Crippen LogP contribution in [0.15, 0.2) is 24.3 Å². The zero-order chi connectivity index (χ0) is 13.1. The average Bonchev–Trinajstić information content (AvgIpc) is 2.38. The van der Waals surface area contributed by atoms with Crippen molar-refractivity contribution in [1.82, 2.24) is 4.90 Å². The maximum Gasteiger partial charge on any atom is 0.103 e. The molecule has 0 amide bonds. The van der Waals surface area contributed by atoms with E-state index in [2.05, 4.69) is 36.0 Å². The summed E-state index contributed by atoms with van der Waals surface area (Å²) in [4.78, 5) is 5.22. The summed E-state index contributed by atoms with van der Waals surface area (Å²) >= 11 is 4.97. The number of hydrogen-bond acceptors (Lipinski definition) is 3. The van der Waals surface area contributed by atoms with E-state index in [9.17, 15) is 0 Å². The van der Waals surface area contributed by atoms with Crippen molar-refractivity contribution in [2.45, 2.75) is 18.9 Å². The van der Waals surface area contributed by atoms with Crippen molar-refractivity contribution in [1.29, 1.82) is 0 Å². The van der Waals surface area contributed by atoms with E-state index >= 15 is 0 Å². The van der Waals surface area contributed by atoms with Crippen LogP contribution in [0.25, 0.3) is 0 Å². The Morgan fingerprint density at radius 1 is 1.39 bits per heavy atom. The molecule has 1 aliphatic heterocycles. The van der Waals surface area contributed by atoms with Crippen molar-refractivity contribution < 1.29 is 0 Å². The van der Waals surface area contributed by atoms with Crippen molar-refractivity contribution in [3.63, 3.8) is 0 Å². The molecule has 98 valence electrons. The minimum atomic E-state index is 0.460. The predicted molar refractivity (Wildman–Crippen MR) is 81.3 cm³/mol. The Kier molecular flexibility index (Phi) is 4.19. The van der Waals surface area contributed by atoms with Crippen molar-refractivity contribution in [2.24, 2.45) is 5.73 Å². The van der Waals surface area contributed by atoms with Gasteiger partial charge >= 0.3 is 0 Å². The zero-order valence-electron chi connectivity index (χ0n) is 11.1. The Balaban J connectivity index is 2.08. The summed E-state index contributed by atoms with van der Waals surface area (Å²) in [5.41, 5.74) is 7.78. The van der Waals surface area contributed by atoms with E-state index in [0.717, 1.165) is 12.1 Å². The van der Waals surface area contributed by atoms with Crippen LogP contribution in [0.3, 0.4) is 0 Å². The lowest BCUT2D eigenvalue weighted by Crippen LogP contribution is -2.45. The molecule has 1 aromatic carbocycles. The Labute approximate surface area is 115 Å². The highest BCUT2D eigenvalue weighted by molar-refractivity contribution is 7.80. The number of likely N-dealkylation sites (N-methyl/N-ethyl adjacent to an activating group) is 2. The van der Waals surface area contributed by atoms with Gasteiger partial charge in [-0.2, -0.15) is 0 Å². The average molecular weight is 263 g/mol. The number of thiocarbonyl (C=S) groups is 1. The number of hydrogen-bond donors (Lipinski definition) is 1. The zero-order valence-corrected chi connectivity index (χ0v) is 11.9. The van der Waals surface area contributed by atoms with Crippen LogP contribution in [0, 0.1) is 0 Å². The number of nitrogens with two attached hydrogens (primary N) is 1. The lowest BCUT2D eigenvalue weighted by molar-refractivity contribution is 0.248. The van der Waals surface area contributed by atoms with Crippen molar-refractivity contribution >= 4 is 22.9 Å². The van der Waals surface area contributed by atoms with Crippen LogP contribution in [0.2, 0.25) is 0 Å². The summed E-state index contributed by atoms with van der Waals surface area (Å²) < 4.78 is 0. The van der Waals surface area contributed by atoms with Crippen LogP contribution in [0.4, 0.5) is 5.69 Å². The summed E-state index contributed by atoms with van der Waals surface area (Å²) in [5.74, 6) is 0. The Morgan fingerprint density at radius 3 is 2.61 bits per heavy atom. The lowest BCUT2D eigenvalue weighted by atomic mass is 10.0. The summed E-state index contributed by atoms with van der Waals surface area (Å²) in [7, 11) is 4.36. The van der Waals surface area contributed by atoms with Gasteiger partial charge < -0.3 is 15.5 Å². The highest BCUT2D eigenvalue weighted by Gasteiger charge is 2.21. The van der Waals surface area contributed by atoms with Gasteiger partial charge in [-0.05, 0) is 50.7 Å². The molecule has 1 aromatic rings. The number of piperidine rings is 1. The van der Waals surface area contributed by atoms with E-state index in [0.29, 0.717) is 11.0 Å². The van der Waals surface area contributed by atoms with Gasteiger partial charge in [0.05, 0.1) is 0 Å². The monoisotopic (exact) mass is 263 g/mol. The van der Waals surface area contributed by atoms with Gasteiger partial charge in [-0.25, -0.2) is 0 Å². The second kappa shape index (κ2) is 5.67. The molecule has 0 spiro atoms. The Hall–Kier alpha value is -1.13. The van der Waals surface area contributed by atoms with Crippen LogP contribution in [0.5, 0.6) is 0 Å².